The summed E-state index contributed by atoms with van der Waals surface area (Å²) in [6, 6.07) is 6.80. The molecule has 0 heterocycles. The molecule has 0 saturated heterocycles. The molecule has 0 radical (unpaired) electrons. The number of ether oxygens (including phenoxy) is 3. The van der Waals surface area contributed by atoms with Crippen LogP contribution in [0.3, 0.4) is 0 Å². The molecule has 0 aliphatic heterocycles. The molecule has 1 rings (SSSR count). The topological polar surface area (TPSA) is 65.1 Å². The normalized spacial score (nSPS) is 12.8. The molecule has 1 atom stereocenters. The van der Waals surface area contributed by atoms with Crippen LogP contribution in [0.2, 0.25) is 0 Å². The zero-order valence-corrected chi connectivity index (χ0v) is 16.2. The lowest BCUT2D eigenvalue weighted by Gasteiger charge is -2.28. The van der Waals surface area contributed by atoms with E-state index in [0.717, 1.165) is 5.56 Å². The Bertz CT molecular complexity index is 574. The van der Waals surface area contributed by atoms with Gasteiger partial charge in [-0.15, -0.1) is 0 Å². The second-order valence-electron chi connectivity index (χ2n) is 7.34. The fourth-order valence-corrected chi connectivity index (χ4v) is 2.50. The highest BCUT2D eigenvalue weighted by Crippen LogP contribution is 2.18. The predicted octanol–water partition coefficient (Wildman–Crippen LogP) is 3.63. The summed E-state index contributed by atoms with van der Waals surface area (Å²) in [6.07, 6.45) is -0.733. The van der Waals surface area contributed by atoms with Crippen molar-refractivity contribution in [1.82, 2.24) is 4.90 Å². The highest BCUT2D eigenvalue weighted by molar-refractivity contribution is 5.75. The average Bonchev–Trinajstić information content (AvgIpc) is 2.46. The number of benzene rings is 1. The smallest absolute Gasteiger partial charge is 0.468 e. The second-order valence-corrected chi connectivity index (χ2v) is 7.34. The van der Waals surface area contributed by atoms with Gasteiger partial charge in [0.05, 0.1) is 7.11 Å². The van der Waals surface area contributed by atoms with Crippen molar-refractivity contribution in [3.05, 3.63) is 29.8 Å². The van der Waals surface area contributed by atoms with Gasteiger partial charge >= 0.3 is 12.1 Å². The first-order chi connectivity index (χ1) is 11.5. The summed E-state index contributed by atoms with van der Waals surface area (Å²) in [5.41, 5.74) is 0.396. The molecule has 0 aliphatic rings. The zero-order chi connectivity index (χ0) is 19.2. The fraction of sp³-hybridized carbons (Fsp3) is 0.579. The fourth-order valence-electron chi connectivity index (χ4n) is 2.50. The maximum Gasteiger partial charge on any atom is 0.514 e. The Kier molecular flexibility index (Phi) is 7.42. The lowest BCUT2D eigenvalue weighted by atomic mass is 10.0. The summed E-state index contributed by atoms with van der Waals surface area (Å²) in [6.45, 7) is 9.87. The Morgan fingerprint density at radius 1 is 1.12 bits per heavy atom. The molecule has 0 saturated carbocycles. The lowest BCUT2D eigenvalue weighted by Crippen LogP contribution is -2.42. The van der Waals surface area contributed by atoms with Crippen molar-refractivity contribution in [2.45, 2.75) is 52.8 Å². The molecule has 0 aliphatic carbocycles. The number of hydrogen-bond donors (Lipinski definition) is 0. The van der Waals surface area contributed by atoms with Crippen LogP contribution in [0.4, 0.5) is 4.79 Å². The molecule has 0 amide bonds. The number of likely N-dealkylation sites (N-methyl/N-ethyl adjacent to an activating group) is 1. The van der Waals surface area contributed by atoms with Gasteiger partial charge in [0.2, 0.25) is 0 Å². The largest absolute Gasteiger partial charge is 0.514 e. The summed E-state index contributed by atoms with van der Waals surface area (Å²) < 4.78 is 15.1. The summed E-state index contributed by atoms with van der Waals surface area (Å²) >= 11 is 0. The van der Waals surface area contributed by atoms with Crippen molar-refractivity contribution in [1.29, 1.82) is 0 Å². The van der Waals surface area contributed by atoms with E-state index < -0.39 is 11.8 Å². The third kappa shape index (κ3) is 7.13. The van der Waals surface area contributed by atoms with Crippen LogP contribution in [-0.2, 0) is 20.8 Å². The van der Waals surface area contributed by atoms with Crippen molar-refractivity contribution in [2.75, 3.05) is 14.2 Å². The van der Waals surface area contributed by atoms with Crippen LogP contribution >= 0.6 is 0 Å². The quantitative estimate of drug-likeness (QED) is 0.576. The van der Waals surface area contributed by atoms with Crippen molar-refractivity contribution >= 4 is 12.1 Å². The Labute approximate surface area is 150 Å². The van der Waals surface area contributed by atoms with E-state index in [0.29, 0.717) is 12.3 Å². The van der Waals surface area contributed by atoms with Gasteiger partial charge in [-0.05, 0) is 51.4 Å². The van der Waals surface area contributed by atoms with Crippen LogP contribution in [0.5, 0.6) is 5.75 Å². The number of rotatable bonds is 6. The number of esters is 1. The molecule has 6 heteroatoms. The van der Waals surface area contributed by atoms with Gasteiger partial charge in [0.1, 0.15) is 17.4 Å². The molecule has 1 aromatic carbocycles. The maximum atomic E-state index is 11.9. The van der Waals surface area contributed by atoms with Gasteiger partial charge in [-0.25, -0.2) is 4.79 Å². The Hall–Kier alpha value is -2.08. The predicted molar refractivity (Wildman–Crippen MR) is 95.4 cm³/mol. The van der Waals surface area contributed by atoms with E-state index in [4.69, 9.17) is 14.2 Å². The van der Waals surface area contributed by atoms with Gasteiger partial charge in [-0.1, -0.05) is 26.0 Å². The monoisotopic (exact) mass is 351 g/mol. The van der Waals surface area contributed by atoms with E-state index in [2.05, 4.69) is 0 Å². The van der Waals surface area contributed by atoms with Crippen LogP contribution in [0.15, 0.2) is 24.3 Å². The highest BCUT2D eigenvalue weighted by atomic mass is 16.7. The van der Waals surface area contributed by atoms with Gasteiger partial charge in [-0.3, -0.25) is 9.69 Å². The van der Waals surface area contributed by atoms with E-state index in [9.17, 15) is 9.59 Å². The molecular formula is C19H29NO5. The average molecular weight is 351 g/mol. The summed E-state index contributed by atoms with van der Waals surface area (Å²) in [4.78, 5) is 25.5. The second kappa shape index (κ2) is 8.85. The number of nitrogens with zero attached hydrogens (tertiary/aromatic N) is 1. The molecule has 1 aromatic rings. The molecule has 25 heavy (non-hydrogen) atoms. The minimum absolute atomic E-state index is 0.132. The molecule has 0 bridgehead atoms. The van der Waals surface area contributed by atoms with Gasteiger partial charge in [0.25, 0.3) is 0 Å². The van der Waals surface area contributed by atoms with Gasteiger partial charge in [0, 0.05) is 6.54 Å². The third-order valence-corrected chi connectivity index (χ3v) is 3.50. The SMILES string of the molecule is COC(=O)[C@H](C(C)C)N(C)Cc1ccc(OC(=O)OC(C)(C)C)cc1. The summed E-state index contributed by atoms with van der Waals surface area (Å²) in [7, 11) is 3.28. The van der Waals surface area contributed by atoms with Crippen LogP contribution in [0, 0.1) is 5.92 Å². The van der Waals surface area contributed by atoms with Crippen LogP contribution < -0.4 is 4.74 Å². The number of methoxy groups -OCH3 is 1. The summed E-state index contributed by atoms with van der Waals surface area (Å²) in [5, 5.41) is 0. The molecular weight excluding hydrogens is 322 g/mol. The van der Waals surface area contributed by atoms with E-state index in [1.807, 2.05) is 37.9 Å². The number of carbonyl (C=O) groups is 2. The molecule has 0 unspecified atom stereocenters. The Balaban J connectivity index is 2.70. The molecule has 6 nitrogen and oxygen atoms in total. The Morgan fingerprint density at radius 2 is 1.68 bits per heavy atom. The molecule has 0 spiro atoms. The van der Waals surface area contributed by atoms with Crippen molar-refractivity contribution < 1.29 is 23.8 Å². The van der Waals surface area contributed by atoms with E-state index >= 15 is 0 Å². The standard InChI is InChI=1S/C19H29NO5/c1-13(2)16(17(21)23-7)20(6)12-14-8-10-15(11-9-14)24-18(22)25-19(3,4)5/h8-11,13,16H,12H2,1-7H3/t16-/m0/s1. The highest BCUT2D eigenvalue weighted by Gasteiger charge is 2.27. The maximum absolute atomic E-state index is 11.9. The van der Waals surface area contributed by atoms with E-state index in [1.54, 1.807) is 32.9 Å². The molecule has 0 fully saturated rings. The van der Waals surface area contributed by atoms with Crippen LogP contribution in [-0.4, -0.2) is 42.8 Å². The molecule has 140 valence electrons. The molecule has 0 N–H and O–H groups in total. The summed E-state index contributed by atoms with van der Waals surface area (Å²) in [5.74, 6) is 0.295. The van der Waals surface area contributed by atoms with Crippen molar-refractivity contribution in [2.24, 2.45) is 5.92 Å². The minimum atomic E-state index is -0.733. The first-order valence-electron chi connectivity index (χ1n) is 8.31. The van der Waals surface area contributed by atoms with Gasteiger partial charge in [0.15, 0.2) is 0 Å². The molecule has 0 aromatic heterocycles. The van der Waals surface area contributed by atoms with Crippen LogP contribution in [0.1, 0.15) is 40.2 Å². The minimum Gasteiger partial charge on any atom is -0.468 e. The van der Waals surface area contributed by atoms with E-state index in [1.165, 1.54) is 7.11 Å². The first-order valence-corrected chi connectivity index (χ1v) is 8.31. The number of carbonyl (C=O) groups excluding carboxylic acids is 2. The number of hydrogen-bond acceptors (Lipinski definition) is 6. The first kappa shape index (κ1) is 21.0. The third-order valence-electron chi connectivity index (χ3n) is 3.50. The van der Waals surface area contributed by atoms with Crippen LogP contribution in [0.25, 0.3) is 0 Å². The Morgan fingerprint density at radius 3 is 2.12 bits per heavy atom. The lowest BCUT2D eigenvalue weighted by molar-refractivity contribution is -0.148. The van der Waals surface area contributed by atoms with Gasteiger partial charge < -0.3 is 14.2 Å². The van der Waals surface area contributed by atoms with Crippen molar-refractivity contribution in [3.8, 4) is 5.75 Å². The zero-order valence-electron chi connectivity index (χ0n) is 16.2. The van der Waals surface area contributed by atoms with Crippen molar-refractivity contribution in [3.63, 3.8) is 0 Å². The van der Waals surface area contributed by atoms with Gasteiger partial charge in [-0.2, -0.15) is 0 Å². The van der Waals surface area contributed by atoms with E-state index in [-0.39, 0.29) is 17.9 Å².